The third-order valence-corrected chi connectivity index (χ3v) is 3.31. The minimum Gasteiger partial charge on any atom is -0.363 e. The second kappa shape index (κ2) is 3.18. The van der Waals surface area contributed by atoms with Crippen LogP contribution in [-0.4, -0.2) is 14.0 Å². The summed E-state index contributed by atoms with van der Waals surface area (Å²) in [6, 6.07) is 0.665. The van der Waals surface area contributed by atoms with Gasteiger partial charge in [-0.3, -0.25) is 0 Å². The summed E-state index contributed by atoms with van der Waals surface area (Å²) in [5.74, 6) is 1.94. The Morgan fingerprint density at radius 1 is 1.09 bits per heavy atom. The summed E-state index contributed by atoms with van der Waals surface area (Å²) in [6.07, 6.45) is 8.63. The van der Waals surface area contributed by atoms with Gasteiger partial charge in [-0.05, 0) is 24.3 Å². The first kappa shape index (κ1) is 7.66. The highest BCUT2D eigenvalue weighted by molar-refractivity contribution is 6.04. The lowest BCUT2D eigenvalue weighted by atomic mass is 9.85. The summed E-state index contributed by atoms with van der Waals surface area (Å²) in [5, 5.41) is 2.89. The van der Waals surface area contributed by atoms with E-state index in [9.17, 15) is 0 Å². The highest BCUT2D eigenvalue weighted by atomic mass is 14.9. The minimum atomic E-state index is 0.665. The Labute approximate surface area is 70.4 Å². The molecule has 0 aliphatic heterocycles. The zero-order valence-corrected chi connectivity index (χ0v) is 7.05. The first-order valence-corrected chi connectivity index (χ1v) is 4.88. The Morgan fingerprint density at radius 2 is 1.82 bits per heavy atom. The molecule has 2 fully saturated rings. The zero-order valence-electron chi connectivity index (χ0n) is 7.05. The standard InChI is InChI=1S/C9H16BN/c10-11-9-6-8(9)7-4-2-1-3-5-7/h7-9,11H,1-6H2. The lowest BCUT2D eigenvalue weighted by Crippen LogP contribution is -2.18. The Kier molecular flexibility index (Phi) is 2.21. The largest absolute Gasteiger partial charge is 0.363 e. The van der Waals surface area contributed by atoms with Gasteiger partial charge in [-0.1, -0.05) is 32.1 Å². The number of rotatable bonds is 2. The van der Waals surface area contributed by atoms with Crippen LogP contribution in [0, 0.1) is 11.8 Å². The zero-order chi connectivity index (χ0) is 7.68. The van der Waals surface area contributed by atoms with E-state index in [1.165, 1.54) is 38.5 Å². The van der Waals surface area contributed by atoms with Crippen molar-refractivity contribution in [2.45, 2.75) is 44.6 Å². The van der Waals surface area contributed by atoms with Crippen LogP contribution in [0.2, 0.25) is 0 Å². The van der Waals surface area contributed by atoms with E-state index < -0.39 is 0 Å². The maximum atomic E-state index is 5.38. The van der Waals surface area contributed by atoms with Crippen molar-refractivity contribution in [2.24, 2.45) is 11.8 Å². The normalized spacial score (nSPS) is 38.9. The molecule has 60 valence electrons. The van der Waals surface area contributed by atoms with E-state index in [1.807, 2.05) is 0 Å². The van der Waals surface area contributed by atoms with Crippen LogP contribution in [0.3, 0.4) is 0 Å². The van der Waals surface area contributed by atoms with Crippen LogP contribution in [0.4, 0.5) is 0 Å². The summed E-state index contributed by atoms with van der Waals surface area (Å²) >= 11 is 0. The Balaban J connectivity index is 1.77. The molecule has 2 heteroatoms. The summed E-state index contributed by atoms with van der Waals surface area (Å²) < 4.78 is 0. The van der Waals surface area contributed by atoms with Crippen LogP contribution in [0.25, 0.3) is 0 Å². The van der Waals surface area contributed by atoms with E-state index in [0.717, 1.165) is 11.8 Å². The third-order valence-electron chi connectivity index (χ3n) is 3.31. The molecule has 2 aliphatic rings. The summed E-state index contributed by atoms with van der Waals surface area (Å²) in [4.78, 5) is 0. The molecule has 2 atom stereocenters. The molecule has 1 nitrogen and oxygen atoms in total. The molecule has 0 spiro atoms. The molecule has 0 saturated heterocycles. The van der Waals surface area contributed by atoms with Crippen LogP contribution in [0.15, 0.2) is 0 Å². The van der Waals surface area contributed by atoms with Crippen LogP contribution in [0.1, 0.15) is 38.5 Å². The van der Waals surface area contributed by atoms with Gasteiger partial charge >= 0.3 is 0 Å². The van der Waals surface area contributed by atoms with E-state index in [2.05, 4.69) is 5.23 Å². The van der Waals surface area contributed by atoms with Crippen molar-refractivity contribution in [1.82, 2.24) is 5.23 Å². The number of nitrogens with one attached hydrogen (secondary N) is 1. The fourth-order valence-electron chi connectivity index (χ4n) is 2.49. The quantitative estimate of drug-likeness (QED) is 0.588. The average molecular weight is 149 g/mol. The number of hydrogen-bond donors (Lipinski definition) is 1. The van der Waals surface area contributed by atoms with Gasteiger partial charge in [0.05, 0.1) is 0 Å². The molecule has 0 heterocycles. The van der Waals surface area contributed by atoms with Gasteiger partial charge < -0.3 is 5.23 Å². The van der Waals surface area contributed by atoms with Gasteiger partial charge in [0.1, 0.15) is 0 Å². The smallest absolute Gasteiger partial charge is 0.178 e. The lowest BCUT2D eigenvalue weighted by molar-refractivity contribution is 0.316. The van der Waals surface area contributed by atoms with Crippen molar-refractivity contribution in [3.63, 3.8) is 0 Å². The van der Waals surface area contributed by atoms with Gasteiger partial charge in [0.25, 0.3) is 0 Å². The molecule has 2 rings (SSSR count). The third kappa shape index (κ3) is 1.61. The molecule has 0 amide bonds. The van der Waals surface area contributed by atoms with Gasteiger partial charge in [0.15, 0.2) is 7.98 Å². The number of hydrogen-bond acceptors (Lipinski definition) is 1. The van der Waals surface area contributed by atoms with Crippen molar-refractivity contribution in [3.8, 4) is 0 Å². The fourth-order valence-corrected chi connectivity index (χ4v) is 2.49. The van der Waals surface area contributed by atoms with E-state index in [0.29, 0.717) is 6.04 Å². The van der Waals surface area contributed by atoms with E-state index >= 15 is 0 Å². The van der Waals surface area contributed by atoms with E-state index in [4.69, 9.17) is 7.98 Å². The fraction of sp³-hybridized carbons (Fsp3) is 1.00. The molecule has 1 N–H and O–H groups in total. The molecule has 0 aromatic rings. The highest BCUT2D eigenvalue weighted by Gasteiger charge is 2.41. The molecule has 0 aromatic carbocycles. The van der Waals surface area contributed by atoms with Crippen molar-refractivity contribution < 1.29 is 0 Å². The molecule has 2 radical (unpaired) electrons. The maximum absolute atomic E-state index is 5.38. The molecule has 2 aliphatic carbocycles. The molecular weight excluding hydrogens is 133 g/mol. The van der Waals surface area contributed by atoms with Gasteiger partial charge in [0.2, 0.25) is 0 Å². The lowest BCUT2D eigenvalue weighted by Gasteiger charge is -2.21. The van der Waals surface area contributed by atoms with Gasteiger partial charge in [-0.25, -0.2) is 0 Å². The molecule has 11 heavy (non-hydrogen) atoms. The van der Waals surface area contributed by atoms with Crippen LogP contribution in [-0.2, 0) is 0 Å². The summed E-state index contributed by atoms with van der Waals surface area (Å²) in [5.41, 5.74) is 0. The van der Waals surface area contributed by atoms with Crippen molar-refractivity contribution in [1.29, 1.82) is 0 Å². The minimum absolute atomic E-state index is 0.665. The van der Waals surface area contributed by atoms with Gasteiger partial charge in [-0.2, -0.15) is 0 Å². The second-order valence-electron chi connectivity index (χ2n) is 4.07. The SMILES string of the molecule is [B]NC1CC1C1CCCCC1. The van der Waals surface area contributed by atoms with Gasteiger partial charge in [0, 0.05) is 0 Å². The van der Waals surface area contributed by atoms with Gasteiger partial charge in [-0.15, -0.1) is 0 Å². The Morgan fingerprint density at radius 3 is 2.36 bits per heavy atom. The summed E-state index contributed by atoms with van der Waals surface area (Å²) in [6.45, 7) is 0. The topological polar surface area (TPSA) is 12.0 Å². The van der Waals surface area contributed by atoms with Crippen molar-refractivity contribution in [2.75, 3.05) is 0 Å². The Hall–Kier alpha value is 0.0249. The second-order valence-corrected chi connectivity index (χ2v) is 4.07. The van der Waals surface area contributed by atoms with E-state index in [1.54, 1.807) is 0 Å². The molecular formula is C9H16BN. The predicted octanol–water partition coefficient (Wildman–Crippen LogP) is 1.63. The van der Waals surface area contributed by atoms with Crippen molar-refractivity contribution >= 4 is 7.98 Å². The molecule has 0 aromatic heterocycles. The predicted molar refractivity (Wildman–Crippen MR) is 47.4 cm³/mol. The van der Waals surface area contributed by atoms with Crippen molar-refractivity contribution in [3.05, 3.63) is 0 Å². The van der Waals surface area contributed by atoms with Crippen LogP contribution in [0.5, 0.6) is 0 Å². The summed E-state index contributed by atoms with van der Waals surface area (Å²) in [7, 11) is 5.38. The van der Waals surface area contributed by atoms with Crippen LogP contribution < -0.4 is 5.23 Å². The molecule has 2 unspecified atom stereocenters. The molecule has 2 saturated carbocycles. The first-order chi connectivity index (χ1) is 5.42. The average Bonchev–Trinajstić information content (AvgIpc) is 2.85. The van der Waals surface area contributed by atoms with Crippen LogP contribution >= 0.6 is 0 Å². The first-order valence-electron chi connectivity index (χ1n) is 4.88. The molecule has 0 bridgehead atoms. The highest BCUT2D eigenvalue weighted by Crippen LogP contribution is 2.43. The monoisotopic (exact) mass is 149 g/mol. The van der Waals surface area contributed by atoms with E-state index in [-0.39, 0.29) is 0 Å². The maximum Gasteiger partial charge on any atom is 0.178 e. The Bertz CT molecular complexity index is 132.